The van der Waals surface area contributed by atoms with E-state index in [-0.39, 0.29) is 11.9 Å². The van der Waals surface area contributed by atoms with Gasteiger partial charge in [0.15, 0.2) is 0 Å². The van der Waals surface area contributed by atoms with Crippen LogP contribution in [0.25, 0.3) is 0 Å². The Morgan fingerprint density at radius 2 is 1.81 bits per heavy atom. The second kappa shape index (κ2) is 6.27. The van der Waals surface area contributed by atoms with Gasteiger partial charge in [-0.3, -0.25) is 0 Å². The Hall–Kier alpha value is -0.580. The predicted octanol–water partition coefficient (Wildman–Crippen LogP) is 3.77. The molecule has 2 fully saturated rings. The van der Waals surface area contributed by atoms with E-state index < -0.39 is 10.0 Å². The minimum Gasteiger partial charge on any atom is -0.207 e. The molecule has 1 aliphatic heterocycles. The summed E-state index contributed by atoms with van der Waals surface area (Å²) in [5, 5.41) is 0. The van der Waals surface area contributed by atoms with Crippen LogP contribution >= 0.6 is 11.6 Å². The second-order valence-corrected chi connectivity index (χ2v) is 8.24. The van der Waals surface area contributed by atoms with Crippen molar-refractivity contribution in [2.24, 2.45) is 5.92 Å². The van der Waals surface area contributed by atoms with Gasteiger partial charge in [0, 0.05) is 18.5 Å². The van der Waals surface area contributed by atoms with Crippen LogP contribution in [0.15, 0.2) is 29.2 Å². The van der Waals surface area contributed by atoms with E-state index in [1.807, 2.05) is 12.1 Å². The van der Waals surface area contributed by atoms with Gasteiger partial charge >= 0.3 is 0 Å². The van der Waals surface area contributed by atoms with Gasteiger partial charge in [-0.2, -0.15) is 4.31 Å². The summed E-state index contributed by atoms with van der Waals surface area (Å²) in [6, 6.07) is 7.32. The van der Waals surface area contributed by atoms with E-state index in [4.69, 9.17) is 11.6 Å². The van der Waals surface area contributed by atoms with Crippen molar-refractivity contribution in [3.8, 4) is 0 Å². The molecule has 0 N–H and O–H groups in total. The van der Waals surface area contributed by atoms with Gasteiger partial charge in [0.25, 0.3) is 0 Å². The van der Waals surface area contributed by atoms with Crippen LogP contribution in [0.2, 0.25) is 0 Å². The summed E-state index contributed by atoms with van der Waals surface area (Å²) in [7, 11) is -3.43. The first kappa shape index (κ1) is 15.3. The summed E-state index contributed by atoms with van der Waals surface area (Å²) in [6.07, 6.45) is 6.72. The Bertz CT molecular complexity index is 600. The third-order valence-electron chi connectivity index (χ3n) is 4.90. The molecule has 2 atom stereocenters. The summed E-state index contributed by atoms with van der Waals surface area (Å²) in [5.74, 6) is 0.780. The van der Waals surface area contributed by atoms with Crippen LogP contribution in [0.3, 0.4) is 0 Å². The van der Waals surface area contributed by atoms with E-state index in [2.05, 4.69) is 0 Å². The maximum absolute atomic E-state index is 13.1. The standard InChI is InChI=1S/C16H22ClNO2S/c17-12-14-7-2-4-10-16(14)21(19,20)18-11-5-8-13-6-1-3-9-15(13)18/h2,4,7,10,13,15H,1,3,5-6,8-9,11-12H2/t13-,15-/m1/s1. The van der Waals surface area contributed by atoms with Crippen LogP contribution in [0.4, 0.5) is 0 Å². The summed E-state index contributed by atoms with van der Waals surface area (Å²) in [6.45, 7) is 0.653. The number of hydrogen-bond acceptors (Lipinski definition) is 2. The molecule has 1 aliphatic carbocycles. The Kier molecular flexibility index (Phi) is 4.57. The molecule has 0 spiro atoms. The molecule has 0 aromatic heterocycles. The van der Waals surface area contributed by atoms with Crippen LogP contribution < -0.4 is 0 Å². The third kappa shape index (κ3) is 2.86. The van der Waals surface area contributed by atoms with Crippen molar-refractivity contribution in [1.82, 2.24) is 4.31 Å². The molecule has 1 saturated heterocycles. The van der Waals surface area contributed by atoms with Gasteiger partial charge < -0.3 is 0 Å². The number of hydrogen-bond donors (Lipinski definition) is 0. The maximum Gasteiger partial charge on any atom is 0.243 e. The van der Waals surface area contributed by atoms with E-state index >= 15 is 0 Å². The highest BCUT2D eigenvalue weighted by atomic mass is 35.5. The SMILES string of the molecule is O=S(=O)(c1ccccc1CCl)N1CCC[C@H]2CCCC[C@H]21. The molecule has 0 radical (unpaired) electrons. The van der Waals surface area contributed by atoms with Crippen molar-refractivity contribution in [2.45, 2.75) is 55.3 Å². The minimum absolute atomic E-state index is 0.195. The van der Waals surface area contributed by atoms with Gasteiger partial charge in [0.2, 0.25) is 10.0 Å². The fourth-order valence-electron chi connectivity index (χ4n) is 3.87. The molecule has 2 aliphatic rings. The Labute approximate surface area is 132 Å². The van der Waals surface area contributed by atoms with Crippen LogP contribution in [0.5, 0.6) is 0 Å². The van der Waals surface area contributed by atoms with Crippen molar-refractivity contribution >= 4 is 21.6 Å². The maximum atomic E-state index is 13.1. The Balaban J connectivity index is 1.96. The van der Waals surface area contributed by atoms with Crippen LogP contribution in [0, 0.1) is 5.92 Å². The van der Waals surface area contributed by atoms with Crippen LogP contribution in [-0.4, -0.2) is 25.3 Å². The monoisotopic (exact) mass is 327 g/mol. The van der Waals surface area contributed by atoms with Crippen molar-refractivity contribution in [3.63, 3.8) is 0 Å². The second-order valence-electron chi connectivity index (χ2n) is 6.11. The number of rotatable bonds is 3. The molecule has 3 rings (SSSR count). The molecule has 1 aromatic carbocycles. The van der Waals surface area contributed by atoms with Gasteiger partial charge in [-0.15, -0.1) is 11.6 Å². The first-order valence-electron chi connectivity index (χ1n) is 7.80. The van der Waals surface area contributed by atoms with E-state index in [1.165, 1.54) is 19.3 Å². The highest BCUT2D eigenvalue weighted by Crippen LogP contribution is 2.38. The van der Waals surface area contributed by atoms with Gasteiger partial charge in [0.05, 0.1) is 4.90 Å². The molecule has 1 heterocycles. The zero-order valence-corrected chi connectivity index (χ0v) is 13.7. The molecule has 21 heavy (non-hydrogen) atoms. The zero-order valence-electron chi connectivity index (χ0n) is 12.2. The number of sulfonamides is 1. The predicted molar refractivity (Wildman–Crippen MR) is 84.9 cm³/mol. The summed E-state index contributed by atoms with van der Waals surface area (Å²) < 4.78 is 27.9. The number of nitrogens with zero attached hydrogens (tertiary/aromatic N) is 1. The van der Waals surface area contributed by atoms with Gasteiger partial charge in [-0.05, 0) is 43.2 Å². The number of alkyl halides is 1. The normalized spacial score (nSPS) is 27.3. The van der Waals surface area contributed by atoms with E-state index in [9.17, 15) is 8.42 Å². The Morgan fingerprint density at radius 3 is 2.62 bits per heavy atom. The topological polar surface area (TPSA) is 37.4 Å². The molecule has 0 unspecified atom stereocenters. The third-order valence-corrected chi connectivity index (χ3v) is 7.21. The average Bonchev–Trinajstić information content (AvgIpc) is 2.54. The summed E-state index contributed by atoms with van der Waals surface area (Å²) in [4.78, 5) is 0.395. The van der Waals surface area contributed by atoms with Gasteiger partial charge in [-0.25, -0.2) is 8.42 Å². The lowest BCUT2D eigenvalue weighted by Gasteiger charge is -2.43. The highest BCUT2D eigenvalue weighted by molar-refractivity contribution is 7.89. The smallest absolute Gasteiger partial charge is 0.207 e. The summed E-state index contributed by atoms with van der Waals surface area (Å²) in [5.41, 5.74) is 0.706. The fraction of sp³-hybridized carbons (Fsp3) is 0.625. The van der Waals surface area contributed by atoms with Crippen molar-refractivity contribution in [3.05, 3.63) is 29.8 Å². The minimum atomic E-state index is -3.43. The van der Waals surface area contributed by atoms with Crippen molar-refractivity contribution < 1.29 is 8.42 Å². The van der Waals surface area contributed by atoms with E-state index in [1.54, 1.807) is 16.4 Å². The number of fused-ring (bicyclic) bond motifs is 1. The van der Waals surface area contributed by atoms with E-state index in [0.717, 1.165) is 19.3 Å². The lowest BCUT2D eigenvalue weighted by molar-refractivity contribution is 0.129. The van der Waals surface area contributed by atoms with Crippen molar-refractivity contribution in [1.29, 1.82) is 0 Å². The molecular formula is C16H22ClNO2S. The molecule has 1 saturated carbocycles. The largest absolute Gasteiger partial charge is 0.243 e. The van der Waals surface area contributed by atoms with Gasteiger partial charge in [-0.1, -0.05) is 31.0 Å². The first-order valence-corrected chi connectivity index (χ1v) is 9.78. The number of halogens is 1. The molecule has 116 valence electrons. The average molecular weight is 328 g/mol. The fourth-order valence-corrected chi connectivity index (χ4v) is 6.16. The Morgan fingerprint density at radius 1 is 1.10 bits per heavy atom. The molecule has 0 bridgehead atoms. The molecule has 5 heteroatoms. The first-order chi connectivity index (χ1) is 10.1. The zero-order chi connectivity index (χ0) is 14.9. The van der Waals surface area contributed by atoms with E-state index in [0.29, 0.717) is 22.9 Å². The lowest BCUT2D eigenvalue weighted by Crippen LogP contribution is -2.49. The quantitative estimate of drug-likeness (QED) is 0.792. The molecule has 0 amide bonds. The highest BCUT2D eigenvalue weighted by Gasteiger charge is 2.40. The van der Waals surface area contributed by atoms with Gasteiger partial charge in [0.1, 0.15) is 0 Å². The molecule has 1 aromatic rings. The van der Waals surface area contributed by atoms with Crippen molar-refractivity contribution in [2.75, 3.05) is 6.54 Å². The summed E-state index contributed by atoms with van der Waals surface area (Å²) >= 11 is 5.93. The van der Waals surface area contributed by atoms with Crippen LogP contribution in [-0.2, 0) is 15.9 Å². The number of piperidine rings is 1. The molecule has 3 nitrogen and oxygen atoms in total. The van der Waals surface area contributed by atoms with Crippen LogP contribution in [0.1, 0.15) is 44.1 Å². The molecular weight excluding hydrogens is 306 g/mol. The number of benzene rings is 1. The lowest BCUT2D eigenvalue weighted by atomic mass is 9.79.